The van der Waals surface area contributed by atoms with Gasteiger partial charge in [-0.05, 0) is 24.3 Å². The fourth-order valence-electron chi connectivity index (χ4n) is 2.64. The summed E-state index contributed by atoms with van der Waals surface area (Å²) in [5.74, 6) is -2.16. The third-order valence-corrected chi connectivity index (χ3v) is 4.11. The molecule has 0 atom stereocenters. The molecule has 3 rings (SSSR count). The van der Waals surface area contributed by atoms with Crippen LogP contribution in [0.1, 0.15) is 20.8 Å². The molecule has 0 saturated carbocycles. The van der Waals surface area contributed by atoms with Crippen molar-refractivity contribution in [1.82, 2.24) is 9.97 Å². The van der Waals surface area contributed by atoms with Crippen molar-refractivity contribution in [2.24, 2.45) is 0 Å². The zero-order chi connectivity index (χ0) is 21.8. The highest BCUT2D eigenvalue weighted by Crippen LogP contribution is 2.24. The zero-order valence-electron chi connectivity index (χ0n) is 15.9. The standard InChI is InChI=1S/C20H17N3O7/c1-29-13-7-11(8-14(9-13)30-2)18(25)21-12-5-3-4-10(6-12)17-22-15(20(27)28)16(24)19(26)23-17/h3-9,24H,1-2H3,(H,21,25)(H,27,28)(H,22,23,26). The van der Waals surface area contributed by atoms with E-state index in [-0.39, 0.29) is 5.82 Å². The van der Waals surface area contributed by atoms with Gasteiger partial charge in [0.25, 0.3) is 11.5 Å². The number of nitrogens with zero attached hydrogens (tertiary/aromatic N) is 1. The van der Waals surface area contributed by atoms with Crippen LogP contribution in [0.5, 0.6) is 17.2 Å². The predicted molar refractivity (Wildman–Crippen MR) is 106 cm³/mol. The predicted octanol–water partition coefficient (Wildman–Crippen LogP) is 2.11. The maximum Gasteiger partial charge on any atom is 0.358 e. The summed E-state index contributed by atoms with van der Waals surface area (Å²) >= 11 is 0. The average molecular weight is 411 g/mol. The summed E-state index contributed by atoms with van der Waals surface area (Å²) < 4.78 is 10.3. The molecule has 0 unspecified atom stereocenters. The molecule has 10 nitrogen and oxygen atoms in total. The summed E-state index contributed by atoms with van der Waals surface area (Å²) in [6.45, 7) is 0. The highest BCUT2D eigenvalue weighted by molar-refractivity contribution is 6.05. The number of methoxy groups -OCH3 is 2. The van der Waals surface area contributed by atoms with E-state index in [1.807, 2.05) is 0 Å². The Bertz CT molecular complexity index is 1170. The normalized spacial score (nSPS) is 10.3. The van der Waals surface area contributed by atoms with E-state index in [1.165, 1.54) is 20.3 Å². The molecule has 0 bridgehead atoms. The molecule has 0 aliphatic rings. The van der Waals surface area contributed by atoms with Crippen LogP contribution in [0.25, 0.3) is 11.4 Å². The molecule has 0 saturated heterocycles. The van der Waals surface area contributed by atoms with Crippen LogP contribution >= 0.6 is 0 Å². The number of anilines is 1. The molecule has 1 amide bonds. The minimum atomic E-state index is -1.55. The Balaban J connectivity index is 1.93. The van der Waals surface area contributed by atoms with E-state index in [2.05, 4.69) is 15.3 Å². The van der Waals surface area contributed by atoms with Gasteiger partial charge in [-0.25, -0.2) is 9.78 Å². The second kappa shape index (κ2) is 8.35. The summed E-state index contributed by atoms with van der Waals surface area (Å²) in [5.41, 5.74) is -0.773. The maximum absolute atomic E-state index is 12.6. The fraction of sp³-hybridized carbons (Fsp3) is 0.100. The van der Waals surface area contributed by atoms with E-state index in [9.17, 15) is 19.5 Å². The van der Waals surface area contributed by atoms with E-state index < -0.39 is 28.9 Å². The van der Waals surface area contributed by atoms with Crippen molar-refractivity contribution >= 4 is 17.6 Å². The van der Waals surface area contributed by atoms with E-state index >= 15 is 0 Å². The molecule has 0 radical (unpaired) electrons. The number of aromatic carboxylic acids is 1. The summed E-state index contributed by atoms with van der Waals surface area (Å²) in [6, 6.07) is 11.0. The molecule has 0 spiro atoms. The molecule has 154 valence electrons. The number of rotatable bonds is 6. The van der Waals surface area contributed by atoms with Crippen LogP contribution in [0.15, 0.2) is 47.3 Å². The maximum atomic E-state index is 12.6. The van der Waals surface area contributed by atoms with Crippen LogP contribution in [-0.2, 0) is 0 Å². The minimum absolute atomic E-state index is 0.0747. The smallest absolute Gasteiger partial charge is 0.358 e. The molecule has 10 heteroatoms. The Morgan fingerprint density at radius 1 is 1.07 bits per heavy atom. The van der Waals surface area contributed by atoms with Gasteiger partial charge in [-0.1, -0.05) is 12.1 Å². The molecule has 0 fully saturated rings. The lowest BCUT2D eigenvalue weighted by atomic mass is 10.1. The van der Waals surface area contributed by atoms with Crippen LogP contribution in [0.4, 0.5) is 5.69 Å². The molecule has 1 aromatic heterocycles. The summed E-state index contributed by atoms with van der Waals surface area (Å²) in [6.07, 6.45) is 0. The summed E-state index contributed by atoms with van der Waals surface area (Å²) in [4.78, 5) is 41.7. The van der Waals surface area contributed by atoms with Gasteiger partial charge in [-0.15, -0.1) is 0 Å². The first-order valence-corrected chi connectivity index (χ1v) is 8.53. The number of carboxylic acids is 1. The molecule has 0 aliphatic carbocycles. The lowest BCUT2D eigenvalue weighted by molar-refractivity contribution is 0.0686. The summed E-state index contributed by atoms with van der Waals surface area (Å²) in [5, 5.41) is 21.4. The first-order valence-electron chi connectivity index (χ1n) is 8.53. The van der Waals surface area contributed by atoms with Crippen molar-refractivity contribution in [1.29, 1.82) is 0 Å². The molecule has 0 aliphatic heterocycles. The van der Waals surface area contributed by atoms with Gasteiger partial charge in [-0.3, -0.25) is 9.59 Å². The largest absolute Gasteiger partial charge is 0.501 e. The molecule has 30 heavy (non-hydrogen) atoms. The van der Waals surface area contributed by atoms with Crippen molar-refractivity contribution < 1.29 is 29.3 Å². The van der Waals surface area contributed by atoms with Crippen molar-refractivity contribution in [3.63, 3.8) is 0 Å². The number of carbonyl (C=O) groups is 2. The molecule has 3 aromatic rings. The van der Waals surface area contributed by atoms with Gasteiger partial charge < -0.3 is 30.0 Å². The first kappa shape index (κ1) is 20.4. The van der Waals surface area contributed by atoms with E-state index in [1.54, 1.807) is 36.4 Å². The number of carbonyl (C=O) groups excluding carboxylic acids is 1. The third kappa shape index (κ3) is 4.22. The van der Waals surface area contributed by atoms with Crippen LogP contribution < -0.4 is 20.3 Å². The first-order chi connectivity index (χ1) is 14.3. The van der Waals surface area contributed by atoms with Crippen molar-refractivity contribution in [3.05, 3.63) is 64.1 Å². The number of aromatic amines is 1. The lowest BCUT2D eigenvalue weighted by Gasteiger charge is -2.10. The molecular formula is C20H17N3O7. The highest BCUT2D eigenvalue weighted by Gasteiger charge is 2.18. The number of carboxylic acid groups (broad SMARTS) is 1. The van der Waals surface area contributed by atoms with Gasteiger partial charge in [0.05, 0.1) is 14.2 Å². The highest BCUT2D eigenvalue weighted by atomic mass is 16.5. The van der Waals surface area contributed by atoms with Gasteiger partial charge in [-0.2, -0.15) is 0 Å². The number of hydrogen-bond acceptors (Lipinski definition) is 7. The number of ether oxygens (including phenoxy) is 2. The number of aromatic hydroxyl groups is 1. The number of hydrogen-bond donors (Lipinski definition) is 4. The number of H-pyrrole nitrogens is 1. The van der Waals surface area contributed by atoms with Crippen molar-refractivity contribution in [3.8, 4) is 28.6 Å². The van der Waals surface area contributed by atoms with Gasteiger partial charge in [0.15, 0.2) is 5.69 Å². The van der Waals surface area contributed by atoms with E-state index in [4.69, 9.17) is 14.6 Å². The Labute approximate surface area is 169 Å². The molecule has 2 aromatic carbocycles. The van der Waals surface area contributed by atoms with Crippen LogP contribution in [0.2, 0.25) is 0 Å². The van der Waals surface area contributed by atoms with Gasteiger partial charge in [0.2, 0.25) is 5.75 Å². The molecule has 1 heterocycles. The second-order valence-electron chi connectivity index (χ2n) is 6.05. The second-order valence-corrected chi connectivity index (χ2v) is 6.05. The monoisotopic (exact) mass is 411 g/mol. The lowest BCUT2D eigenvalue weighted by Crippen LogP contribution is -2.15. The van der Waals surface area contributed by atoms with E-state index in [0.29, 0.717) is 28.3 Å². The van der Waals surface area contributed by atoms with Crippen LogP contribution in [-0.4, -0.2) is 46.3 Å². The van der Waals surface area contributed by atoms with Crippen LogP contribution in [0.3, 0.4) is 0 Å². The third-order valence-electron chi connectivity index (χ3n) is 4.11. The molecule has 4 N–H and O–H groups in total. The Hall–Kier alpha value is -4.34. The van der Waals surface area contributed by atoms with Gasteiger partial charge in [0.1, 0.15) is 17.3 Å². The zero-order valence-corrected chi connectivity index (χ0v) is 15.9. The SMILES string of the molecule is COc1cc(OC)cc(C(=O)Nc2cccc(-c3nc(C(=O)O)c(O)c(=O)[nH]3)c2)c1. The molecular weight excluding hydrogens is 394 g/mol. The number of aromatic nitrogens is 2. The Morgan fingerprint density at radius 2 is 1.73 bits per heavy atom. The van der Waals surface area contributed by atoms with Crippen molar-refractivity contribution in [2.75, 3.05) is 19.5 Å². The summed E-state index contributed by atoms with van der Waals surface area (Å²) in [7, 11) is 2.94. The number of nitrogens with one attached hydrogen (secondary N) is 2. The number of amides is 1. The fourth-order valence-corrected chi connectivity index (χ4v) is 2.64. The Kier molecular flexibility index (Phi) is 5.68. The van der Waals surface area contributed by atoms with Crippen LogP contribution in [0, 0.1) is 0 Å². The quantitative estimate of drug-likeness (QED) is 0.481. The minimum Gasteiger partial charge on any atom is -0.501 e. The number of benzene rings is 2. The average Bonchev–Trinajstić information content (AvgIpc) is 2.75. The Morgan fingerprint density at radius 3 is 2.33 bits per heavy atom. The van der Waals surface area contributed by atoms with Gasteiger partial charge >= 0.3 is 5.97 Å². The van der Waals surface area contributed by atoms with Crippen molar-refractivity contribution in [2.45, 2.75) is 0 Å². The topological polar surface area (TPSA) is 151 Å². The van der Waals surface area contributed by atoms with E-state index in [0.717, 1.165) is 0 Å². The van der Waals surface area contributed by atoms with Gasteiger partial charge in [0, 0.05) is 22.9 Å².